The summed E-state index contributed by atoms with van der Waals surface area (Å²) in [6.07, 6.45) is -10.2. The molecule has 0 spiro atoms. The normalized spacial score (nSPS) is 13.5. The molecule has 1 saturated carbocycles. The molecular weight excluding hydrogens is 689 g/mol. The summed E-state index contributed by atoms with van der Waals surface area (Å²) >= 11 is 2.70. The fourth-order valence-electron chi connectivity index (χ4n) is 4.42. The second-order valence-corrected chi connectivity index (χ2v) is 10.8. The van der Waals surface area contributed by atoms with Crippen LogP contribution >= 0.6 is 15.9 Å². The number of anilines is 2. The molecule has 0 radical (unpaired) electrons. The molecular formula is C29H19BrF9N3O3. The van der Waals surface area contributed by atoms with Gasteiger partial charge in [0.25, 0.3) is 11.8 Å². The van der Waals surface area contributed by atoms with Crippen LogP contribution in [0.15, 0.2) is 59.1 Å². The Morgan fingerprint density at radius 3 is 2.18 bits per heavy atom. The zero-order chi connectivity index (χ0) is 33.3. The number of hydrogen-bond acceptors (Lipinski definition) is 4. The van der Waals surface area contributed by atoms with Crippen molar-refractivity contribution in [1.82, 2.24) is 0 Å². The predicted octanol–water partition coefficient (Wildman–Crippen LogP) is 8.58. The Labute approximate surface area is 257 Å². The fraction of sp³-hybridized carbons (Fsp3) is 0.276. The number of nitrogens with one attached hydrogen (secondary N) is 1. The van der Waals surface area contributed by atoms with E-state index in [0.29, 0.717) is 6.07 Å². The summed E-state index contributed by atoms with van der Waals surface area (Å²) in [6.45, 7) is -3.66. The van der Waals surface area contributed by atoms with Crippen LogP contribution in [-0.4, -0.2) is 37.3 Å². The van der Waals surface area contributed by atoms with Gasteiger partial charge in [-0.05, 0) is 88.8 Å². The zero-order valence-electron chi connectivity index (χ0n) is 22.4. The van der Waals surface area contributed by atoms with Crippen molar-refractivity contribution < 1.29 is 53.8 Å². The van der Waals surface area contributed by atoms with E-state index in [0.717, 1.165) is 23.8 Å². The van der Waals surface area contributed by atoms with Gasteiger partial charge in [-0.2, -0.15) is 40.4 Å². The molecule has 0 bridgehead atoms. The Kier molecular flexibility index (Phi) is 9.71. The van der Waals surface area contributed by atoms with Gasteiger partial charge in [-0.25, -0.2) is 4.39 Å². The Balaban J connectivity index is 1.71. The van der Waals surface area contributed by atoms with E-state index >= 15 is 4.39 Å². The van der Waals surface area contributed by atoms with E-state index in [4.69, 9.17) is 5.26 Å². The number of halogens is 10. The van der Waals surface area contributed by atoms with E-state index in [1.165, 1.54) is 36.4 Å². The highest BCUT2D eigenvalue weighted by molar-refractivity contribution is 9.10. The summed E-state index contributed by atoms with van der Waals surface area (Å²) in [5, 5.41) is 11.0. The van der Waals surface area contributed by atoms with Crippen LogP contribution in [0.2, 0.25) is 0 Å². The molecule has 1 N–H and O–H groups in total. The van der Waals surface area contributed by atoms with E-state index < -0.39 is 69.6 Å². The number of ether oxygens (including phenoxy) is 1. The molecule has 45 heavy (non-hydrogen) atoms. The van der Waals surface area contributed by atoms with E-state index in [1.54, 1.807) is 0 Å². The van der Waals surface area contributed by atoms with Gasteiger partial charge in [0.2, 0.25) is 0 Å². The highest BCUT2D eigenvalue weighted by Gasteiger charge is 2.57. The van der Waals surface area contributed by atoms with E-state index in [1.807, 2.05) is 11.4 Å². The van der Waals surface area contributed by atoms with Crippen molar-refractivity contribution in [1.29, 1.82) is 5.26 Å². The number of carbonyl (C=O) groups excluding carboxylic acids is 2. The number of carbonyl (C=O) groups is 2. The maximum absolute atomic E-state index is 15.9. The largest absolute Gasteiger partial charge is 0.433 e. The molecule has 2 amide bonds. The maximum atomic E-state index is 15.9. The average molecular weight is 708 g/mol. The van der Waals surface area contributed by atoms with Gasteiger partial charge in [0.1, 0.15) is 0 Å². The first-order chi connectivity index (χ1) is 21.0. The predicted molar refractivity (Wildman–Crippen MR) is 146 cm³/mol. The van der Waals surface area contributed by atoms with Gasteiger partial charge in [0.15, 0.2) is 17.5 Å². The first kappa shape index (κ1) is 33.6. The maximum Gasteiger partial charge on any atom is 0.404 e. The molecule has 6 nitrogen and oxygen atoms in total. The number of alkyl halides is 8. The van der Waals surface area contributed by atoms with Crippen LogP contribution in [0.3, 0.4) is 0 Å². The van der Waals surface area contributed by atoms with Crippen molar-refractivity contribution in [3.8, 4) is 11.8 Å². The summed E-state index contributed by atoms with van der Waals surface area (Å²) in [5.41, 5.74) is -3.00. The van der Waals surface area contributed by atoms with Gasteiger partial charge in [-0.15, -0.1) is 0 Å². The van der Waals surface area contributed by atoms with Crippen LogP contribution in [0.25, 0.3) is 0 Å². The number of hydrogen-bond donors (Lipinski definition) is 1. The van der Waals surface area contributed by atoms with E-state index in [9.17, 15) is 44.7 Å². The monoisotopic (exact) mass is 707 g/mol. The third kappa shape index (κ3) is 7.88. The van der Waals surface area contributed by atoms with Crippen molar-refractivity contribution in [3.63, 3.8) is 0 Å². The molecule has 16 heteroatoms. The van der Waals surface area contributed by atoms with Gasteiger partial charge < -0.3 is 15.0 Å². The molecule has 1 aliphatic rings. The van der Waals surface area contributed by atoms with Crippen molar-refractivity contribution in [2.24, 2.45) is 5.92 Å². The molecule has 0 aliphatic heterocycles. The van der Waals surface area contributed by atoms with Crippen LogP contribution < -0.4 is 15.0 Å². The quantitative estimate of drug-likeness (QED) is 0.226. The summed E-state index contributed by atoms with van der Waals surface area (Å²) < 4.78 is 126. The molecule has 0 atom stereocenters. The number of nitriles is 1. The summed E-state index contributed by atoms with van der Waals surface area (Å²) in [4.78, 5) is 27.6. The van der Waals surface area contributed by atoms with Crippen LogP contribution in [0, 0.1) is 23.1 Å². The van der Waals surface area contributed by atoms with Gasteiger partial charge in [-0.1, -0.05) is 6.07 Å². The Morgan fingerprint density at radius 2 is 1.64 bits per heavy atom. The minimum absolute atomic E-state index is 0.0324. The number of rotatable bonds is 9. The highest BCUT2D eigenvalue weighted by atomic mass is 79.9. The smallest absolute Gasteiger partial charge is 0.404 e. The lowest BCUT2D eigenvalue weighted by Gasteiger charge is -2.25. The molecule has 4 rings (SSSR count). The SMILES string of the molecule is N#Cc1ccc(C(=O)N(CC2CC2)c2cccc(C(=O)Nc3c(Br)cc(C(C(F)(F)F)C(F)(F)F)cc3OC(F)F)c2F)cc1. The van der Waals surface area contributed by atoms with Crippen molar-refractivity contribution in [2.45, 2.75) is 37.7 Å². The van der Waals surface area contributed by atoms with Crippen molar-refractivity contribution in [2.75, 3.05) is 16.8 Å². The highest BCUT2D eigenvalue weighted by Crippen LogP contribution is 2.49. The molecule has 0 unspecified atom stereocenters. The lowest BCUT2D eigenvalue weighted by atomic mass is 9.97. The summed E-state index contributed by atoms with van der Waals surface area (Å²) in [6, 6.07) is 11.2. The second kappa shape index (κ2) is 13.0. The molecule has 0 heterocycles. The third-order valence-electron chi connectivity index (χ3n) is 6.68. The van der Waals surface area contributed by atoms with E-state index in [-0.39, 0.29) is 35.3 Å². The average Bonchev–Trinajstić information content (AvgIpc) is 3.76. The first-order valence-corrected chi connectivity index (χ1v) is 13.6. The molecule has 1 fully saturated rings. The third-order valence-corrected chi connectivity index (χ3v) is 7.30. The lowest BCUT2D eigenvalue weighted by molar-refractivity contribution is -0.253. The Bertz CT molecular complexity index is 1620. The summed E-state index contributed by atoms with van der Waals surface area (Å²) in [5.74, 6) is -8.53. The molecule has 0 aromatic heterocycles. The van der Waals surface area contributed by atoms with Crippen LogP contribution in [0.5, 0.6) is 5.75 Å². The van der Waals surface area contributed by atoms with E-state index in [2.05, 4.69) is 20.7 Å². The number of nitrogens with zero attached hydrogens (tertiary/aromatic N) is 2. The van der Waals surface area contributed by atoms with Crippen LogP contribution in [0.1, 0.15) is 50.6 Å². The minimum Gasteiger partial charge on any atom is -0.433 e. The minimum atomic E-state index is -5.87. The number of benzene rings is 3. The fourth-order valence-corrected chi connectivity index (χ4v) is 4.98. The standard InChI is InChI=1S/C29H19BrF9N3O3/c30-19-10-17(24(28(34,35)36)29(37,38)39)11-21(45-27(32)33)23(19)41-25(43)18-2-1-3-20(22(18)31)42(13-15-4-5-15)26(44)16-8-6-14(12-40)7-9-16/h1-3,6-11,15,24,27H,4-5,13H2,(H,41,43). The topological polar surface area (TPSA) is 82.4 Å². The Hall–Kier alpha value is -4.26. The molecule has 238 valence electrons. The van der Waals surface area contributed by atoms with Crippen LogP contribution in [-0.2, 0) is 0 Å². The Morgan fingerprint density at radius 1 is 1.02 bits per heavy atom. The van der Waals surface area contributed by atoms with Crippen LogP contribution in [0.4, 0.5) is 50.9 Å². The zero-order valence-corrected chi connectivity index (χ0v) is 24.0. The van der Waals surface area contributed by atoms with Gasteiger partial charge in [0.05, 0.1) is 28.6 Å². The molecule has 3 aromatic carbocycles. The molecule has 3 aromatic rings. The number of amides is 2. The molecule has 0 saturated heterocycles. The second-order valence-electron chi connectivity index (χ2n) is 9.91. The molecule has 1 aliphatic carbocycles. The van der Waals surface area contributed by atoms with Gasteiger partial charge in [-0.3, -0.25) is 9.59 Å². The van der Waals surface area contributed by atoms with Crippen molar-refractivity contribution in [3.05, 3.63) is 87.1 Å². The lowest BCUT2D eigenvalue weighted by Crippen LogP contribution is -2.34. The summed E-state index contributed by atoms with van der Waals surface area (Å²) in [7, 11) is 0. The van der Waals surface area contributed by atoms with Crippen molar-refractivity contribution >= 4 is 39.1 Å². The van der Waals surface area contributed by atoms with Gasteiger partial charge in [0, 0.05) is 16.6 Å². The first-order valence-electron chi connectivity index (χ1n) is 12.8. The van der Waals surface area contributed by atoms with Gasteiger partial charge >= 0.3 is 19.0 Å².